The molecule has 0 bridgehead atoms. The van der Waals surface area contributed by atoms with Gasteiger partial charge in [-0.1, -0.05) is 17.7 Å². The first-order valence-electron chi connectivity index (χ1n) is 7.51. The molecule has 5 nitrogen and oxygen atoms in total. The van der Waals surface area contributed by atoms with Crippen LogP contribution in [0, 0.1) is 11.7 Å². The van der Waals surface area contributed by atoms with Gasteiger partial charge in [-0.3, -0.25) is 9.59 Å². The summed E-state index contributed by atoms with van der Waals surface area (Å²) in [5.41, 5.74) is 0.648. The number of likely N-dealkylation sites (N-methyl/N-ethyl adjacent to an activating group) is 1. The molecule has 0 radical (unpaired) electrons. The van der Waals surface area contributed by atoms with E-state index in [-0.39, 0.29) is 35.7 Å². The molecule has 1 fully saturated rings. The number of likely N-dealkylation sites (tertiary alicyclic amines) is 1. The van der Waals surface area contributed by atoms with Crippen molar-refractivity contribution in [2.24, 2.45) is 5.92 Å². The van der Waals surface area contributed by atoms with E-state index in [9.17, 15) is 14.0 Å². The second-order valence-electron chi connectivity index (χ2n) is 6.00. The van der Waals surface area contributed by atoms with Gasteiger partial charge < -0.3 is 15.1 Å². The number of nitrogens with one attached hydrogen (secondary N) is 1. The summed E-state index contributed by atoms with van der Waals surface area (Å²) < 4.78 is 13.0. The molecule has 0 spiro atoms. The second kappa shape index (κ2) is 7.75. The number of hydrogen-bond acceptors (Lipinski definition) is 3. The maximum absolute atomic E-state index is 13.0. The summed E-state index contributed by atoms with van der Waals surface area (Å²) in [6.45, 7) is 2.06. The molecule has 2 amide bonds. The summed E-state index contributed by atoms with van der Waals surface area (Å²) in [6.07, 6.45) is 0.233. The highest BCUT2D eigenvalue weighted by molar-refractivity contribution is 6.31. The molecule has 0 aromatic heterocycles. The standard InChI is InChI=1S/C16H21ClFN3O2/c1-20(2)5-6-21-10-12(7-15(21)22)16(23)19-9-11-3-4-13(18)8-14(11)17/h3-4,8,12H,5-7,9-10H2,1-2H3,(H,19,23). The summed E-state index contributed by atoms with van der Waals surface area (Å²) in [5, 5.41) is 3.05. The largest absolute Gasteiger partial charge is 0.352 e. The van der Waals surface area contributed by atoms with Crippen LogP contribution >= 0.6 is 11.6 Å². The van der Waals surface area contributed by atoms with E-state index in [2.05, 4.69) is 5.32 Å². The van der Waals surface area contributed by atoms with Gasteiger partial charge in [0.15, 0.2) is 0 Å². The lowest BCUT2D eigenvalue weighted by molar-refractivity contribution is -0.129. The van der Waals surface area contributed by atoms with Gasteiger partial charge in [-0.15, -0.1) is 0 Å². The lowest BCUT2D eigenvalue weighted by Crippen LogP contribution is -2.35. The molecule has 1 aliphatic rings. The highest BCUT2D eigenvalue weighted by atomic mass is 35.5. The zero-order chi connectivity index (χ0) is 17.0. The Hall–Kier alpha value is -1.66. The van der Waals surface area contributed by atoms with Crippen molar-refractivity contribution in [3.63, 3.8) is 0 Å². The average molecular weight is 342 g/mol. The molecule has 1 aromatic rings. The van der Waals surface area contributed by atoms with Gasteiger partial charge in [-0.2, -0.15) is 0 Å². The zero-order valence-electron chi connectivity index (χ0n) is 13.3. The second-order valence-corrected chi connectivity index (χ2v) is 6.40. The van der Waals surface area contributed by atoms with Crippen LogP contribution in [0.4, 0.5) is 4.39 Å². The van der Waals surface area contributed by atoms with E-state index in [1.54, 1.807) is 11.0 Å². The maximum Gasteiger partial charge on any atom is 0.225 e. The fraction of sp³-hybridized carbons (Fsp3) is 0.500. The number of benzene rings is 1. The molecule has 1 aliphatic heterocycles. The molecular weight excluding hydrogens is 321 g/mol. The predicted octanol–water partition coefficient (Wildman–Crippen LogP) is 1.51. The van der Waals surface area contributed by atoms with E-state index in [4.69, 9.17) is 11.6 Å². The lowest BCUT2D eigenvalue weighted by atomic mass is 10.1. The maximum atomic E-state index is 13.0. The molecule has 0 aliphatic carbocycles. The van der Waals surface area contributed by atoms with Crippen LogP contribution in [0.3, 0.4) is 0 Å². The number of carbonyl (C=O) groups is 2. The quantitative estimate of drug-likeness (QED) is 0.853. The van der Waals surface area contributed by atoms with Crippen molar-refractivity contribution < 1.29 is 14.0 Å². The van der Waals surface area contributed by atoms with E-state index in [1.807, 2.05) is 19.0 Å². The average Bonchev–Trinajstić information content (AvgIpc) is 2.85. The van der Waals surface area contributed by atoms with Crippen molar-refractivity contribution in [3.05, 3.63) is 34.6 Å². The number of carbonyl (C=O) groups excluding carboxylic acids is 2. The smallest absolute Gasteiger partial charge is 0.225 e. The summed E-state index contributed by atoms with van der Waals surface area (Å²) in [7, 11) is 3.88. The molecule has 1 heterocycles. The third-order valence-corrected chi connectivity index (χ3v) is 4.22. The lowest BCUT2D eigenvalue weighted by Gasteiger charge is -2.19. The molecule has 126 valence electrons. The van der Waals surface area contributed by atoms with Gasteiger partial charge in [-0.05, 0) is 31.8 Å². The summed E-state index contributed by atoms with van der Waals surface area (Å²) in [5.74, 6) is -0.926. The third-order valence-electron chi connectivity index (χ3n) is 3.87. The normalized spacial score (nSPS) is 17.9. The van der Waals surface area contributed by atoms with Crippen molar-refractivity contribution in [1.82, 2.24) is 15.1 Å². The fourth-order valence-electron chi connectivity index (χ4n) is 2.48. The molecule has 1 saturated heterocycles. The molecule has 7 heteroatoms. The van der Waals surface area contributed by atoms with Crippen molar-refractivity contribution in [1.29, 1.82) is 0 Å². The van der Waals surface area contributed by atoms with Crippen LogP contribution in [0.15, 0.2) is 18.2 Å². The van der Waals surface area contributed by atoms with Crippen LogP contribution in [0.1, 0.15) is 12.0 Å². The minimum Gasteiger partial charge on any atom is -0.352 e. The number of hydrogen-bond donors (Lipinski definition) is 1. The first-order chi connectivity index (χ1) is 10.9. The van der Waals surface area contributed by atoms with Gasteiger partial charge >= 0.3 is 0 Å². The Labute approximate surface area is 140 Å². The SMILES string of the molecule is CN(C)CCN1CC(C(=O)NCc2ccc(F)cc2Cl)CC1=O. The Balaban J connectivity index is 1.85. The van der Waals surface area contributed by atoms with E-state index < -0.39 is 5.82 Å². The van der Waals surface area contributed by atoms with Gasteiger partial charge in [-0.25, -0.2) is 4.39 Å². The number of rotatable bonds is 6. The molecular formula is C16H21ClFN3O2. The van der Waals surface area contributed by atoms with Crippen molar-refractivity contribution in [3.8, 4) is 0 Å². The van der Waals surface area contributed by atoms with Gasteiger partial charge in [0.25, 0.3) is 0 Å². The molecule has 1 unspecified atom stereocenters. The Morgan fingerprint density at radius 1 is 1.48 bits per heavy atom. The van der Waals surface area contributed by atoms with Gasteiger partial charge in [0.2, 0.25) is 11.8 Å². The first kappa shape index (κ1) is 17.7. The van der Waals surface area contributed by atoms with E-state index >= 15 is 0 Å². The van der Waals surface area contributed by atoms with E-state index in [1.165, 1.54) is 12.1 Å². The molecule has 1 aromatic carbocycles. The highest BCUT2D eigenvalue weighted by Crippen LogP contribution is 2.19. The predicted molar refractivity (Wildman–Crippen MR) is 86.5 cm³/mol. The number of nitrogens with zero attached hydrogens (tertiary/aromatic N) is 2. The van der Waals surface area contributed by atoms with Gasteiger partial charge in [0.05, 0.1) is 5.92 Å². The minimum absolute atomic E-state index is 0.00631. The number of amides is 2. The molecule has 23 heavy (non-hydrogen) atoms. The fourth-order valence-corrected chi connectivity index (χ4v) is 2.71. The van der Waals surface area contributed by atoms with Crippen molar-refractivity contribution >= 4 is 23.4 Å². The van der Waals surface area contributed by atoms with Crippen LogP contribution in [0.2, 0.25) is 5.02 Å². The van der Waals surface area contributed by atoms with Crippen LogP contribution in [-0.4, -0.2) is 55.3 Å². The zero-order valence-corrected chi connectivity index (χ0v) is 14.1. The van der Waals surface area contributed by atoms with E-state index in [0.717, 1.165) is 6.54 Å². The Morgan fingerprint density at radius 3 is 2.87 bits per heavy atom. The highest BCUT2D eigenvalue weighted by Gasteiger charge is 2.33. The Morgan fingerprint density at radius 2 is 2.22 bits per heavy atom. The minimum atomic E-state index is -0.414. The van der Waals surface area contributed by atoms with Gasteiger partial charge in [0.1, 0.15) is 5.82 Å². The van der Waals surface area contributed by atoms with Crippen LogP contribution in [-0.2, 0) is 16.1 Å². The van der Waals surface area contributed by atoms with Crippen molar-refractivity contribution in [2.45, 2.75) is 13.0 Å². The first-order valence-corrected chi connectivity index (χ1v) is 7.88. The summed E-state index contributed by atoms with van der Waals surface area (Å²) >= 11 is 5.93. The van der Waals surface area contributed by atoms with Crippen LogP contribution < -0.4 is 5.32 Å². The monoisotopic (exact) mass is 341 g/mol. The Bertz CT molecular complexity index is 595. The molecule has 0 saturated carbocycles. The number of halogens is 2. The summed E-state index contributed by atoms with van der Waals surface area (Å²) in [4.78, 5) is 27.9. The molecule has 1 atom stereocenters. The van der Waals surface area contributed by atoms with Crippen LogP contribution in [0.25, 0.3) is 0 Å². The molecule has 1 N–H and O–H groups in total. The topological polar surface area (TPSA) is 52.6 Å². The van der Waals surface area contributed by atoms with Crippen molar-refractivity contribution in [2.75, 3.05) is 33.7 Å². The van der Waals surface area contributed by atoms with E-state index in [0.29, 0.717) is 18.7 Å². The molecule has 2 rings (SSSR count). The van der Waals surface area contributed by atoms with Gasteiger partial charge in [0, 0.05) is 37.6 Å². The summed E-state index contributed by atoms with van der Waals surface area (Å²) in [6, 6.07) is 4.06. The van der Waals surface area contributed by atoms with Crippen LogP contribution in [0.5, 0.6) is 0 Å². The third kappa shape index (κ3) is 4.91. The Kier molecular flexibility index (Phi) is 5.96.